The summed E-state index contributed by atoms with van der Waals surface area (Å²) in [6, 6.07) is 12.9. The Balaban J connectivity index is 1.63. The number of fused-ring (bicyclic) bond motifs is 1. The SMILES string of the molecule is CCOc1ccc(NC(=O)[C@@H](C)Sc2nc3ccc(NC(C)=O)cc3s2)cc1. The first kappa shape index (κ1) is 20.2. The Hall–Kier alpha value is -2.58. The minimum Gasteiger partial charge on any atom is -0.494 e. The monoisotopic (exact) mass is 415 g/mol. The number of ether oxygens (including phenoxy) is 1. The van der Waals surface area contributed by atoms with Crippen LogP contribution in [-0.2, 0) is 9.59 Å². The summed E-state index contributed by atoms with van der Waals surface area (Å²) in [7, 11) is 0. The van der Waals surface area contributed by atoms with Gasteiger partial charge in [-0.25, -0.2) is 4.98 Å². The van der Waals surface area contributed by atoms with E-state index in [2.05, 4.69) is 15.6 Å². The summed E-state index contributed by atoms with van der Waals surface area (Å²) in [5.74, 6) is 0.571. The largest absolute Gasteiger partial charge is 0.494 e. The molecule has 2 N–H and O–H groups in total. The number of anilines is 2. The van der Waals surface area contributed by atoms with Crippen molar-refractivity contribution in [3.63, 3.8) is 0 Å². The van der Waals surface area contributed by atoms with Crippen molar-refractivity contribution in [1.29, 1.82) is 0 Å². The number of thioether (sulfide) groups is 1. The van der Waals surface area contributed by atoms with E-state index < -0.39 is 0 Å². The zero-order valence-electron chi connectivity index (χ0n) is 15.8. The molecule has 0 aliphatic rings. The number of thiazole rings is 1. The molecular weight excluding hydrogens is 394 g/mol. The van der Waals surface area contributed by atoms with Crippen LogP contribution in [0.3, 0.4) is 0 Å². The van der Waals surface area contributed by atoms with Gasteiger partial charge in [-0.1, -0.05) is 11.8 Å². The molecule has 0 aliphatic carbocycles. The molecule has 0 spiro atoms. The van der Waals surface area contributed by atoms with E-state index in [0.717, 1.165) is 31.7 Å². The van der Waals surface area contributed by atoms with E-state index in [9.17, 15) is 9.59 Å². The van der Waals surface area contributed by atoms with E-state index in [1.807, 2.05) is 56.3 Å². The molecule has 6 nitrogen and oxygen atoms in total. The van der Waals surface area contributed by atoms with Gasteiger partial charge in [0, 0.05) is 18.3 Å². The minimum atomic E-state index is -0.304. The second-order valence-corrected chi connectivity index (χ2v) is 8.67. The number of hydrogen-bond acceptors (Lipinski definition) is 6. The van der Waals surface area contributed by atoms with Crippen LogP contribution in [0.1, 0.15) is 20.8 Å². The molecule has 1 heterocycles. The molecule has 2 aromatic carbocycles. The lowest BCUT2D eigenvalue weighted by Gasteiger charge is -2.11. The minimum absolute atomic E-state index is 0.0904. The van der Waals surface area contributed by atoms with Crippen molar-refractivity contribution in [2.45, 2.75) is 30.4 Å². The lowest BCUT2D eigenvalue weighted by atomic mass is 10.3. The van der Waals surface area contributed by atoms with Gasteiger partial charge in [0.2, 0.25) is 11.8 Å². The Morgan fingerprint density at radius 1 is 1.14 bits per heavy atom. The third kappa shape index (κ3) is 5.24. The van der Waals surface area contributed by atoms with Gasteiger partial charge in [0.25, 0.3) is 0 Å². The molecule has 0 saturated carbocycles. The molecule has 28 heavy (non-hydrogen) atoms. The van der Waals surface area contributed by atoms with Crippen molar-refractivity contribution < 1.29 is 14.3 Å². The van der Waals surface area contributed by atoms with E-state index >= 15 is 0 Å². The van der Waals surface area contributed by atoms with Gasteiger partial charge in [0.1, 0.15) is 5.75 Å². The van der Waals surface area contributed by atoms with Crippen molar-refractivity contribution in [2.24, 2.45) is 0 Å². The highest BCUT2D eigenvalue weighted by Gasteiger charge is 2.17. The smallest absolute Gasteiger partial charge is 0.237 e. The Morgan fingerprint density at radius 3 is 2.54 bits per heavy atom. The molecule has 1 aromatic heterocycles. The molecule has 146 valence electrons. The fraction of sp³-hybridized carbons (Fsp3) is 0.250. The summed E-state index contributed by atoms with van der Waals surface area (Å²) in [4.78, 5) is 28.2. The summed E-state index contributed by atoms with van der Waals surface area (Å²) in [5, 5.41) is 5.37. The summed E-state index contributed by atoms with van der Waals surface area (Å²) < 4.78 is 7.18. The van der Waals surface area contributed by atoms with Gasteiger partial charge >= 0.3 is 0 Å². The molecule has 0 unspecified atom stereocenters. The highest BCUT2D eigenvalue weighted by molar-refractivity contribution is 8.02. The maximum atomic E-state index is 12.5. The average Bonchev–Trinajstić information content (AvgIpc) is 3.04. The molecule has 0 bridgehead atoms. The number of nitrogens with zero attached hydrogens (tertiary/aromatic N) is 1. The Morgan fingerprint density at radius 2 is 1.86 bits per heavy atom. The van der Waals surface area contributed by atoms with Gasteiger partial charge in [-0.3, -0.25) is 9.59 Å². The third-order valence-electron chi connectivity index (χ3n) is 3.77. The third-order valence-corrected chi connectivity index (χ3v) is 5.98. The van der Waals surface area contributed by atoms with Crippen LogP contribution in [0.2, 0.25) is 0 Å². The van der Waals surface area contributed by atoms with Crippen LogP contribution in [0, 0.1) is 0 Å². The van der Waals surface area contributed by atoms with Gasteiger partial charge in [-0.2, -0.15) is 0 Å². The fourth-order valence-corrected chi connectivity index (χ4v) is 4.74. The molecule has 0 aliphatic heterocycles. The van der Waals surface area contributed by atoms with E-state index in [4.69, 9.17) is 4.74 Å². The summed E-state index contributed by atoms with van der Waals surface area (Å²) in [6.07, 6.45) is 0. The first-order chi connectivity index (χ1) is 13.4. The van der Waals surface area contributed by atoms with Crippen LogP contribution in [0.4, 0.5) is 11.4 Å². The first-order valence-electron chi connectivity index (χ1n) is 8.83. The number of hydrogen-bond donors (Lipinski definition) is 2. The van der Waals surface area contributed by atoms with Crippen LogP contribution in [0.25, 0.3) is 10.2 Å². The number of amides is 2. The van der Waals surface area contributed by atoms with Gasteiger partial charge < -0.3 is 15.4 Å². The Bertz CT molecular complexity index is 986. The van der Waals surface area contributed by atoms with Crippen molar-refractivity contribution in [3.05, 3.63) is 42.5 Å². The van der Waals surface area contributed by atoms with Crippen molar-refractivity contribution in [3.8, 4) is 5.75 Å². The topological polar surface area (TPSA) is 80.3 Å². The number of nitrogens with one attached hydrogen (secondary N) is 2. The number of benzene rings is 2. The van der Waals surface area contributed by atoms with Crippen LogP contribution in [0.15, 0.2) is 46.8 Å². The van der Waals surface area contributed by atoms with E-state index in [0.29, 0.717) is 6.61 Å². The van der Waals surface area contributed by atoms with Crippen molar-refractivity contribution in [2.75, 3.05) is 17.2 Å². The maximum absolute atomic E-state index is 12.5. The lowest BCUT2D eigenvalue weighted by molar-refractivity contribution is -0.115. The predicted molar refractivity (Wildman–Crippen MR) is 115 cm³/mol. The fourth-order valence-electron chi connectivity index (χ4n) is 2.48. The van der Waals surface area contributed by atoms with Crippen LogP contribution in [0.5, 0.6) is 5.75 Å². The molecule has 0 saturated heterocycles. The average molecular weight is 416 g/mol. The van der Waals surface area contributed by atoms with Crippen LogP contribution < -0.4 is 15.4 Å². The van der Waals surface area contributed by atoms with E-state index in [-0.39, 0.29) is 17.1 Å². The predicted octanol–water partition coefficient (Wildman–Crippen LogP) is 4.77. The quantitative estimate of drug-likeness (QED) is 0.543. The Kier molecular flexibility index (Phi) is 6.53. The molecule has 0 fully saturated rings. The molecular formula is C20H21N3O3S2. The molecule has 2 amide bonds. The van der Waals surface area contributed by atoms with Gasteiger partial charge in [-0.05, 0) is 56.3 Å². The van der Waals surface area contributed by atoms with Crippen LogP contribution in [-0.4, -0.2) is 28.7 Å². The zero-order valence-corrected chi connectivity index (χ0v) is 17.4. The highest BCUT2D eigenvalue weighted by atomic mass is 32.2. The lowest BCUT2D eigenvalue weighted by Crippen LogP contribution is -2.22. The number of rotatable bonds is 7. The van der Waals surface area contributed by atoms with Crippen molar-refractivity contribution >= 4 is 56.5 Å². The van der Waals surface area contributed by atoms with Crippen LogP contribution >= 0.6 is 23.1 Å². The van der Waals surface area contributed by atoms with Crippen molar-refractivity contribution in [1.82, 2.24) is 4.98 Å². The Labute approximate surface area is 171 Å². The molecule has 3 rings (SSSR count). The summed E-state index contributed by atoms with van der Waals surface area (Å²) in [5.41, 5.74) is 2.31. The van der Waals surface area contributed by atoms with Gasteiger partial charge in [-0.15, -0.1) is 11.3 Å². The second-order valence-electron chi connectivity index (χ2n) is 6.05. The molecule has 0 radical (unpaired) electrons. The second kappa shape index (κ2) is 9.07. The first-order valence-corrected chi connectivity index (χ1v) is 10.5. The zero-order chi connectivity index (χ0) is 20.1. The molecule has 8 heteroatoms. The van der Waals surface area contributed by atoms with Gasteiger partial charge in [0.05, 0.1) is 22.1 Å². The van der Waals surface area contributed by atoms with Gasteiger partial charge in [0.15, 0.2) is 4.34 Å². The summed E-state index contributed by atoms with van der Waals surface area (Å²) >= 11 is 2.91. The highest BCUT2D eigenvalue weighted by Crippen LogP contribution is 2.33. The molecule has 3 aromatic rings. The maximum Gasteiger partial charge on any atom is 0.237 e. The standard InChI is InChI=1S/C20H21N3O3S2/c1-4-26-16-8-5-14(6-9-16)22-19(25)12(2)27-20-23-17-10-7-15(21-13(3)24)11-18(17)28-20/h5-12H,4H2,1-3H3,(H,21,24)(H,22,25)/t12-/m1/s1. The number of carbonyl (C=O) groups excluding carboxylic acids is 2. The van der Waals surface area contributed by atoms with E-state index in [1.165, 1.54) is 30.0 Å². The van der Waals surface area contributed by atoms with E-state index in [1.54, 1.807) is 0 Å². The molecule has 1 atom stereocenters. The number of carbonyl (C=O) groups is 2. The number of aromatic nitrogens is 1. The normalized spacial score (nSPS) is 11.8. The summed E-state index contributed by atoms with van der Waals surface area (Å²) in [6.45, 7) is 5.86.